The molecule has 0 saturated carbocycles. The molecule has 0 aliphatic rings. The topological polar surface area (TPSA) is 127 Å². The van der Waals surface area contributed by atoms with Gasteiger partial charge in [0.1, 0.15) is 24.0 Å². The molecule has 4 aromatic rings. The molecule has 1 aromatic carbocycles. The molecule has 0 aliphatic heterocycles. The zero-order valence-electron chi connectivity index (χ0n) is 16.3. The normalized spacial score (nSPS) is 11.0. The summed E-state index contributed by atoms with van der Waals surface area (Å²) in [5.41, 5.74) is 0.732. The van der Waals surface area contributed by atoms with Crippen LogP contribution in [0, 0.1) is 0 Å². The zero-order chi connectivity index (χ0) is 21.1. The number of aryl methyl sites for hydroxylation is 1. The fourth-order valence-electron chi connectivity index (χ4n) is 2.86. The van der Waals surface area contributed by atoms with Gasteiger partial charge in [-0.2, -0.15) is 10.1 Å². The highest BCUT2D eigenvalue weighted by Crippen LogP contribution is 2.27. The van der Waals surface area contributed by atoms with E-state index in [0.717, 1.165) is 4.57 Å². The Balaban J connectivity index is 1.42. The Bertz CT molecular complexity index is 1260. The largest absolute Gasteiger partial charge is 0.493 e. The fraction of sp³-hybridized carbons (Fsp3) is 0.263. The Hall–Kier alpha value is -4.02. The van der Waals surface area contributed by atoms with Crippen molar-refractivity contribution >= 4 is 17.0 Å². The van der Waals surface area contributed by atoms with Gasteiger partial charge in [0, 0.05) is 7.05 Å². The summed E-state index contributed by atoms with van der Waals surface area (Å²) in [6, 6.07) is 7.29. The molecule has 4 rings (SSSR count). The summed E-state index contributed by atoms with van der Waals surface area (Å²) in [7, 11) is 1.68. The number of fused-ring (bicyclic) bond motifs is 1. The lowest BCUT2D eigenvalue weighted by Crippen LogP contribution is -2.25. The number of hydrogen-bond donors (Lipinski definition) is 0. The van der Waals surface area contributed by atoms with Crippen molar-refractivity contribution in [2.24, 2.45) is 7.05 Å². The summed E-state index contributed by atoms with van der Waals surface area (Å²) < 4.78 is 18.5. The van der Waals surface area contributed by atoms with Gasteiger partial charge in [0.25, 0.3) is 11.4 Å². The van der Waals surface area contributed by atoms with Gasteiger partial charge in [-0.1, -0.05) is 17.3 Å². The smallest absolute Gasteiger partial charge is 0.326 e. The van der Waals surface area contributed by atoms with Crippen molar-refractivity contribution in [1.82, 2.24) is 29.5 Å². The monoisotopic (exact) mass is 410 g/mol. The summed E-state index contributed by atoms with van der Waals surface area (Å²) >= 11 is 0. The summed E-state index contributed by atoms with van der Waals surface area (Å²) in [6.07, 6.45) is 2.69. The molecule has 0 amide bonds. The number of carbonyl (C=O) groups excluding carboxylic acids is 1. The van der Waals surface area contributed by atoms with E-state index in [0.29, 0.717) is 34.8 Å². The highest BCUT2D eigenvalue weighted by molar-refractivity contribution is 5.74. The molecule has 0 unspecified atom stereocenters. The second-order valence-corrected chi connectivity index (χ2v) is 6.28. The highest BCUT2D eigenvalue weighted by atomic mass is 16.6. The van der Waals surface area contributed by atoms with Gasteiger partial charge in [-0.05, 0) is 19.1 Å². The third kappa shape index (κ3) is 3.77. The van der Waals surface area contributed by atoms with Gasteiger partial charge in [0.05, 0.1) is 18.4 Å². The quantitative estimate of drug-likeness (QED) is 0.414. The predicted molar refractivity (Wildman–Crippen MR) is 103 cm³/mol. The van der Waals surface area contributed by atoms with Crippen molar-refractivity contribution in [3.63, 3.8) is 0 Å². The molecule has 0 radical (unpaired) electrons. The van der Waals surface area contributed by atoms with Crippen molar-refractivity contribution in [3.8, 4) is 17.1 Å². The van der Waals surface area contributed by atoms with Gasteiger partial charge in [-0.15, -0.1) is 0 Å². The lowest BCUT2D eigenvalue weighted by Gasteiger charge is -2.06. The number of rotatable bonds is 7. The van der Waals surface area contributed by atoms with Crippen molar-refractivity contribution < 1.29 is 18.8 Å². The van der Waals surface area contributed by atoms with E-state index in [4.69, 9.17) is 14.0 Å². The molecule has 30 heavy (non-hydrogen) atoms. The van der Waals surface area contributed by atoms with Crippen LogP contribution in [0.1, 0.15) is 12.8 Å². The molecular weight excluding hydrogens is 392 g/mol. The van der Waals surface area contributed by atoms with E-state index < -0.39 is 5.97 Å². The van der Waals surface area contributed by atoms with Gasteiger partial charge in [-0.25, -0.2) is 4.98 Å². The van der Waals surface area contributed by atoms with E-state index in [-0.39, 0.29) is 24.6 Å². The zero-order valence-corrected chi connectivity index (χ0v) is 16.3. The number of esters is 1. The maximum absolute atomic E-state index is 12.4. The molecule has 0 aliphatic carbocycles. The molecule has 0 fully saturated rings. The lowest BCUT2D eigenvalue weighted by molar-refractivity contribution is -0.146. The van der Waals surface area contributed by atoms with Gasteiger partial charge in [0.2, 0.25) is 5.82 Å². The van der Waals surface area contributed by atoms with Gasteiger partial charge < -0.3 is 14.0 Å². The average Bonchev–Trinajstić information content (AvgIpc) is 3.37. The third-order valence-corrected chi connectivity index (χ3v) is 4.27. The number of benzene rings is 1. The van der Waals surface area contributed by atoms with Crippen molar-refractivity contribution in [2.45, 2.75) is 20.1 Å². The SMILES string of the molecule is CCOc1ccccc1-c1noc(COC(=O)Cn2cnc3c(cnn3C)c2=O)n1. The number of aromatic nitrogens is 6. The van der Waals surface area contributed by atoms with Crippen LogP contribution in [0.15, 0.2) is 46.1 Å². The van der Waals surface area contributed by atoms with Crippen LogP contribution in [0.3, 0.4) is 0 Å². The first-order valence-corrected chi connectivity index (χ1v) is 9.14. The molecule has 0 spiro atoms. The van der Waals surface area contributed by atoms with Crippen LogP contribution in [-0.2, 0) is 29.7 Å². The van der Waals surface area contributed by atoms with Crippen LogP contribution in [0.25, 0.3) is 22.4 Å². The van der Waals surface area contributed by atoms with Crippen LogP contribution < -0.4 is 10.3 Å². The third-order valence-electron chi connectivity index (χ3n) is 4.27. The van der Waals surface area contributed by atoms with E-state index in [9.17, 15) is 9.59 Å². The molecule has 3 heterocycles. The number of hydrogen-bond acceptors (Lipinski definition) is 9. The van der Waals surface area contributed by atoms with Crippen LogP contribution >= 0.6 is 0 Å². The molecular formula is C19H18N6O5. The van der Waals surface area contributed by atoms with E-state index in [1.165, 1.54) is 17.2 Å². The van der Waals surface area contributed by atoms with Crippen molar-refractivity contribution in [3.05, 3.63) is 53.0 Å². The minimum Gasteiger partial charge on any atom is -0.493 e. The standard InChI is InChI=1S/C19H18N6O5/c1-3-28-14-7-5-4-6-12(14)17-22-15(30-23-17)10-29-16(26)9-25-11-20-18-13(19(25)27)8-21-24(18)2/h4-8,11H,3,9-10H2,1-2H3. The van der Waals surface area contributed by atoms with E-state index in [2.05, 4.69) is 20.2 Å². The van der Waals surface area contributed by atoms with Crippen LogP contribution in [0.4, 0.5) is 0 Å². The van der Waals surface area contributed by atoms with Crippen molar-refractivity contribution in [2.75, 3.05) is 6.61 Å². The fourth-order valence-corrected chi connectivity index (χ4v) is 2.86. The molecule has 11 nitrogen and oxygen atoms in total. The first-order chi connectivity index (χ1) is 14.6. The number of carbonyl (C=O) groups is 1. The van der Waals surface area contributed by atoms with E-state index in [1.54, 1.807) is 19.2 Å². The van der Waals surface area contributed by atoms with Gasteiger partial charge in [0.15, 0.2) is 12.3 Å². The van der Waals surface area contributed by atoms with Gasteiger partial charge >= 0.3 is 5.97 Å². The van der Waals surface area contributed by atoms with Crippen LogP contribution in [0.5, 0.6) is 5.75 Å². The molecule has 3 aromatic heterocycles. The number of para-hydroxylation sites is 1. The molecule has 0 N–H and O–H groups in total. The molecule has 0 bridgehead atoms. The second-order valence-electron chi connectivity index (χ2n) is 6.28. The Morgan fingerprint density at radius 2 is 2.10 bits per heavy atom. The Morgan fingerprint density at radius 3 is 2.93 bits per heavy atom. The minimum absolute atomic E-state index is 0.123. The Morgan fingerprint density at radius 1 is 1.27 bits per heavy atom. The summed E-state index contributed by atoms with van der Waals surface area (Å²) in [6.45, 7) is 1.86. The predicted octanol–water partition coefficient (Wildman–Crippen LogP) is 1.32. The average molecular weight is 410 g/mol. The van der Waals surface area contributed by atoms with Gasteiger partial charge in [-0.3, -0.25) is 18.8 Å². The second kappa shape index (κ2) is 8.15. The Kier molecular flexibility index (Phi) is 5.24. The summed E-state index contributed by atoms with van der Waals surface area (Å²) in [4.78, 5) is 32.9. The maximum atomic E-state index is 12.4. The van der Waals surface area contributed by atoms with Crippen LogP contribution in [-0.4, -0.2) is 42.0 Å². The number of ether oxygens (including phenoxy) is 2. The summed E-state index contributed by atoms with van der Waals surface area (Å²) in [5.74, 6) is 0.434. The van der Waals surface area contributed by atoms with E-state index >= 15 is 0 Å². The molecule has 154 valence electrons. The molecule has 0 atom stereocenters. The maximum Gasteiger partial charge on any atom is 0.326 e. The summed E-state index contributed by atoms with van der Waals surface area (Å²) in [5, 5.41) is 8.22. The molecule has 11 heteroatoms. The highest BCUT2D eigenvalue weighted by Gasteiger charge is 2.16. The lowest BCUT2D eigenvalue weighted by atomic mass is 10.2. The van der Waals surface area contributed by atoms with Crippen LogP contribution in [0.2, 0.25) is 0 Å². The first-order valence-electron chi connectivity index (χ1n) is 9.14. The number of nitrogens with zero attached hydrogens (tertiary/aromatic N) is 6. The Labute approximate surface area is 169 Å². The first kappa shape index (κ1) is 19.3. The van der Waals surface area contributed by atoms with Crippen molar-refractivity contribution in [1.29, 1.82) is 0 Å². The van der Waals surface area contributed by atoms with E-state index in [1.807, 2.05) is 19.1 Å². The minimum atomic E-state index is -0.642. The molecule has 0 saturated heterocycles.